The minimum Gasteiger partial charge on any atom is -0.481 e. The lowest BCUT2D eigenvalue weighted by Crippen LogP contribution is -2.23. The highest BCUT2D eigenvalue weighted by Crippen LogP contribution is 2.17. The Morgan fingerprint density at radius 3 is 2.80 bits per heavy atom. The lowest BCUT2D eigenvalue weighted by molar-refractivity contribution is -0.133. The van der Waals surface area contributed by atoms with Gasteiger partial charge in [-0.2, -0.15) is 5.10 Å². The highest BCUT2D eigenvalue weighted by atomic mass is 32.2. The molecule has 0 radical (unpaired) electrons. The molecule has 0 amide bonds. The summed E-state index contributed by atoms with van der Waals surface area (Å²) in [4.78, 5) is 27.5. The van der Waals surface area contributed by atoms with Crippen LogP contribution in [0.25, 0.3) is 11.0 Å². The molecule has 0 saturated carbocycles. The smallest absolute Gasteiger partial charge is 0.313 e. The predicted molar refractivity (Wildman–Crippen MR) is 76.1 cm³/mol. The average Bonchev–Trinajstić information content (AvgIpc) is 2.83. The van der Waals surface area contributed by atoms with Gasteiger partial charge in [0.2, 0.25) is 0 Å². The van der Waals surface area contributed by atoms with Crippen LogP contribution in [0.4, 0.5) is 0 Å². The van der Waals surface area contributed by atoms with E-state index in [1.165, 1.54) is 4.57 Å². The number of aryl methyl sites for hydroxylation is 1. The van der Waals surface area contributed by atoms with Gasteiger partial charge in [0.05, 0.1) is 11.9 Å². The summed E-state index contributed by atoms with van der Waals surface area (Å²) in [6.45, 7) is 5.04. The number of fused-ring (bicyclic) bond motifs is 1. The largest absolute Gasteiger partial charge is 0.481 e. The molecule has 0 aromatic carbocycles. The van der Waals surface area contributed by atoms with Gasteiger partial charge in [-0.3, -0.25) is 18.8 Å². The summed E-state index contributed by atoms with van der Waals surface area (Å²) in [6, 6.07) is 0. The molecule has 0 spiro atoms. The Morgan fingerprint density at radius 2 is 2.20 bits per heavy atom. The van der Waals surface area contributed by atoms with Crippen molar-refractivity contribution in [2.24, 2.45) is 0 Å². The van der Waals surface area contributed by atoms with Gasteiger partial charge in [0.15, 0.2) is 10.7 Å². The first-order chi connectivity index (χ1) is 9.56. The van der Waals surface area contributed by atoms with Crippen LogP contribution in [0, 0.1) is 0 Å². The van der Waals surface area contributed by atoms with E-state index in [4.69, 9.17) is 5.11 Å². The number of carbonyl (C=O) groups is 1. The molecule has 2 aromatic rings. The summed E-state index contributed by atoms with van der Waals surface area (Å²) in [7, 11) is 0. The molecule has 0 aliphatic rings. The van der Waals surface area contributed by atoms with Crippen LogP contribution in [-0.4, -0.2) is 36.2 Å². The molecule has 0 bridgehead atoms. The minimum absolute atomic E-state index is 0.121. The Labute approximate surface area is 119 Å². The topological polar surface area (TPSA) is 90.0 Å². The molecule has 2 heterocycles. The predicted octanol–water partition coefficient (Wildman–Crippen LogP) is 1.20. The van der Waals surface area contributed by atoms with Gasteiger partial charge in [-0.15, -0.1) is 0 Å². The van der Waals surface area contributed by atoms with Gasteiger partial charge >= 0.3 is 5.97 Å². The van der Waals surface area contributed by atoms with Crippen molar-refractivity contribution in [3.63, 3.8) is 0 Å². The maximum Gasteiger partial charge on any atom is 0.313 e. The average molecular weight is 296 g/mol. The molecule has 0 fully saturated rings. The quantitative estimate of drug-likeness (QED) is 0.636. The van der Waals surface area contributed by atoms with Crippen molar-refractivity contribution >= 4 is 28.8 Å². The van der Waals surface area contributed by atoms with E-state index in [-0.39, 0.29) is 11.3 Å². The number of nitrogens with zero attached hydrogens (tertiary/aromatic N) is 4. The fraction of sp³-hybridized carbons (Fsp3) is 0.500. The Kier molecular flexibility index (Phi) is 4.43. The number of aromatic nitrogens is 4. The van der Waals surface area contributed by atoms with Crippen LogP contribution in [0.1, 0.15) is 20.3 Å². The standard InChI is InChI=1S/C12H16N4O3S/c1-3-5-16-11(19)10-8(6-15(4-2)14-10)13-12(16)20-7-9(17)18/h6H,3-5,7H2,1-2H3,(H,17,18). The van der Waals surface area contributed by atoms with Crippen molar-refractivity contribution in [1.82, 2.24) is 19.3 Å². The molecular weight excluding hydrogens is 280 g/mol. The highest BCUT2D eigenvalue weighted by molar-refractivity contribution is 7.99. The number of hydrogen-bond acceptors (Lipinski definition) is 5. The maximum atomic E-state index is 12.4. The number of thioether (sulfide) groups is 1. The lowest BCUT2D eigenvalue weighted by Gasteiger charge is -2.09. The van der Waals surface area contributed by atoms with E-state index in [1.807, 2.05) is 13.8 Å². The van der Waals surface area contributed by atoms with Gasteiger partial charge in [-0.25, -0.2) is 4.98 Å². The summed E-state index contributed by atoms with van der Waals surface area (Å²) < 4.78 is 3.16. The van der Waals surface area contributed by atoms with Gasteiger partial charge in [-0.05, 0) is 13.3 Å². The molecule has 2 aromatic heterocycles. The Bertz CT molecular complexity index is 692. The zero-order valence-corrected chi connectivity index (χ0v) is 12.2. The third kappa shape index (κ3) is 2.84. The SMILES string of the molecule is CCCn1c(SCC(=O)O)nc2cn(CC)nc2c1=O. The van der Waals surface area contributed by atoms with E-state index in [9.17, 15) is 9.59 Å². The van der Waals surface area contributed by atoms with Crippen LogP contribution in [0.2, 0.25) is 0 Å². The van der Waals surface area contributed by atoms with Crippen LogP contribution in [0.5, 0.6) is 0 Å². The number of hydrogen-bond donors (Lipinski definition) is 1. The second-order valence-electron chi connectivity index (χ2n) is 4.25. The first kappa shape index (κ1) is 14.6. The second-order valence-corrected chi connectivity index (χ2v) is 5.19. The van der Waals surface area contributed by atoms with Crippen LogP contribution in [0.15, 0.2) is 16.1 Å². The van der Waals surface area contributed by atoms with Crippen molar-refractivity contribution in [1.29, 1.82) is 0 Å². The molecule has 8 heteroatoms. The summed E-state index contributed by atoms with van der Waals surface area (Å²) in [5, 5.41) is 13.4. The van der Waals surface area contributed by atoms with Crippen molar-refractivity contribution < 1.29 is 9.90 Å². The van der Waals surface area contributed by atoms with E-state index in [0.717, 1.165) is 18.2 Å². The first-order valence-corrected chi connectivity index (χ1v) is 7.38. The third-order valence-electron chi connectivity index (χ3n) is 2.73. The number of aliphatic carboxylic acids is 1. The van der Waals surface area contributed by atoms with Gasteiger partial charge in [0.1, 0.15) is 5.52 Å². The van der Waals surface area contributed by atoms with Crippen LogP contribution >= 0.6 is 11.8 Å². The fourth-order valence-electron chi connectivity index (χ4n) is 1.84. The lowest BCUT2D eigenvalue weighted by atomic mass is 10.4. The van der Waals surface area contributed by atoms with Crippen molar-refractivity contribution in [2.45, 2.75) is 38.5 Å². The minimum atomic E-state index is -0.934. The Hall–Kier alpha value is -1.83. The van der Waals surface area contributed by atoms with Crippen LogP contribution < -0.4 is 5.56 Å². The molecule has 0 saturated heterocycles. The van der Waals surface area contributed by atoms with Gasteiger partial charge in [-0.1, -0.05) is 18.7 Å². The summed E-state index contributed by atoms with van der Waals surface area (Å²) in [5.41, 5.74) is 0.633. The zero-order valence-electron chi connectivity index (χ0n) is 11.4. The molecule has 108 valence electrons. The van der Waals surface area contributed by atoms with Gasteiger partial charge in [0.25, 0.3) is 5.56 Å². The molecular formula is C12H16N4O3S. The van der Waals surface area contributed by atoms with Crippen molar-refractivity contribution in [2.75, 3.05) is 5.75 Å². The first-order valence-electron chi connectivity index (χ1n) is 6.39. The van der Waals surface area contributed by atoms with E-state index in [1.54, 1.807) is 10.9 Å². The fourth-order valence-corrected chi connectivity index (χ4v) is 2.59. The van der Waals surface area contributed by atoms with Gasteiger partial charge < -0.3 is 5.11 Å². The molecule has 0 atom stereocenters. The zero-order chi connectivity index (χ0) is 14.7. The summed E-state index contributed by atoms with van der Waals surface area (Å²) in [6.07, 6.45) is 2.47. The molecule has 0 aliphatic heterocycles. The third-order valence-corrected chi connectivity index (χ3v) is 3.69. The van der Waals surface area contributed by atoms with Gasteiger partial charge in [0, 0.05) is 13.1 Å². The van der Waals surface area contributed by atoms with Crippen LogP contribution in [-0.2, 0) is 17.9 Å². The van der Waals surface area contributed by atoms with Crippen molar-refractivity contribution in [3.8, 4) is 0 Å². The summed E-state index contributed by atoms with van der Waals surface area (Å²) in [5.74, 6) is -1.06. The highest BCUT2D eigenvalue weighted by Gasteiger charge is 2.15. The Balaban J connectivity index is 2.55. The normalized spacial score (nSPS) is 11.1. The molecule has 2 rings (SSSR count). The molecule has 1 N–H and O–H groups in total. The molecule has 0 unspecified atom stereocenters. The Morgan fingerprint density at radius 1 is 1.45 bits per heavy atom. The maximum absolute atomic E-state index is 12.4. The van der Waals surface area contributed by atoms with Crippen molar-refractivity contribution in [3.05, 3.63) is 16.6 Å². The monoisotopic (exact) mass is 296 g/mol. The summed E-state index contributed by atoms with van der Waals surface area (Å²) >= 11 is 1.06. The molecule has 20 heavy (non-hydrogen) atoms. The number of carboxylic acid groups (broad SMARTS) is 1. The van der Waals surface area contributed by atoms with E-state index in [2.05, 4.69) is 10.1 Å². The van der Waals surface area contributed by atoms with E-state index in [0.29, 0.717) is 29.3 Å². The van der Waals surface area contributed by atoms with Crippen LogP contribution in [0.3, 0.4) is 0 Å². The molecule has 0 aliphatic carbocycles. The number of rotatable bonds is 6. The van der Waals surface area contributed by atoms with E-state index < -0.39 is 5.97 Å². The molecule has 7 nitrogen and oxygen atoms in total. The second kappa shape index (κ2) is 6.08. The number of carboxylic acids is 1. The van der Waals surface area contributed by atoms with E-state index >= 15 is 0 Å².